The Hall–Kier alpha value is -0.0862. The average molecular weight is 241 g/mol. The lowest BCUT2D eigenvalue weighted by atomic mass is 10.2. The van der Waals surface area contributed by atoms with Gasteiger partial charge in [0.1, 0.15) is 0 Å². The zero-order valence-corrected chi connectivity index (χ0v) is 13.1. The maximum absolute atomic E-state index is 8.39. The molecule has 1 fully saturated rings. The van der Waals surface area contributed by atoms with Crippen molar-refractivity contribution in [1.29, 1.82) is 0 Å². The normalized spacial score (nSPS) is 27.3. The molecule has 0 aromatic carbocycles. The van der Waals surface area contributed by atoms with Gasteiger partial charge in [-0.3, -0.25) is 0 Å². The standard InChI is InChI=1S/C13H26Si2/c1-14(2,3)10-12-8-7-9-13(12)11-15(4,5)6/h10-11H,7-9H2,1-6H3/i10D,11D. The molecular formula is C13H26Si2. The molecular weight excluding hydrogens is 212 g/mol. The van der Waals surface area contributed by atoms with E-state index in [1.165, 1.54) is 11.1 Å². The van der Waals surface area contributed by atoms with Crippen LogP contribution in [0.5, 0.6) is 0 Å². The first-order valence-electron chi connectivity index (χ1n) is 6.96. The lowest BCUT2D eigenvalue weighted by Crippen LogP contribution is -2.19. The molecule has 0 nitrogen and oxygen atoms in total. The van der Waals surface area contributed by atoms with E-state index in [9.17, 15) is 0 Å². The zero-order chi connectivity index (χ0) is 13.4. The van der Waals surface area contributed by atoms with Gasteiger partial charge in [0.2, 0.25) is 0 Å². The summed E-state index contributed by atoms with van der Waals surface area (Å²) < 4.78 is 16.8. The third kappa shape index (κ3) is 4.98. The quantitative estimate of drug-likeness (QED) is 0.610. The molecule has 0 amide bonds. The second-order valence-corrected chi connectivity index (χ2v) is 16.1. The lowest BCUT2D eigenvalue weighted by molar-refractivity contribution is 0.933. The molecule has 0 radical (unpaired) electrons. The van der Waals surface area contributed by atoms with Crippen LogP contribution in [0.4, 0.5) is 0 Å². The van der Waals surface area contributed by atoms with E-state index < -0.39 is 16.1 Å². The molecule has 1 saturated carbocycles. The van der Waals surface area contributed by atoms with Crippen LogP contribution >= 0.6 is 0 Å². The van der Waals surface area contributed by atoms with Gasteiger partial charge in [-0.05, 0) is 19.3 Å². The van der Waals surface area contributed by atoms with E-state index in [1.54, 1.807) is 0 Å². The van der Waals surface area contributed by atoms with Crippen LogP contribution in [0.15, 0.2) is 22.5 Å². The van der Waals surface area contributed by atoms with E-state index in [4.69, 9.17) is 2.74 Å². The first-order valence-corrected chi connectivity index (χ1v) is 13.0. The average Bonchev–Trinajstić information content (AvgIpc) is 2.60. The Balaban J connectivity index is 3.29. The predicted molar refractivity (Wildman–Crippen MR) is 76.7 cm³/mol. The highest BCUT2D eigenvalue weighted by Crippen LogP contribution is 2.32. The van der Waals surface area contributed by atoms with Gasteiger partial charge in [-0.2, -0.15) is 0 Å². The molecule has 0 atom stereocenters. The summed E-state index contributed by atoms with van der Waals surface area (Å²) in [7, 11) is -3.06. The van der Waals surface area contributed by atoms with Crippen molar-refractivity contribution in [2.24, 2.45) is 0 Å². The second kappa shape index (κ2) is 4.42. The van der Waals surface area contributed by atoms with Crippen LogP contribution in [0.1, 0.15) is 22.0 Å². The van der Waals surface area contributed by atoms with Gasteiger partial charge < -0.3 is 0 Å². The van der Waals surface area contributed by atoms with Crippen molar-refractivity contribution >= 4 is 16.1 Å². The van der Waals surface area contributed by atoms with Gasteiger partial charge in [0.15, 0.2) is 0 Å². The Kier molecular flexibility index (Phi) is 2.97. The molecule has 1 rings (SSSR count). The maximum atomic E-state index is 8.39. The summed E-state index contributed by atoms with van der Waals surface area (Å²) in [5.41, 5.74) is 4.23. The molecule has 2 heteroatoms. The molecule has 86 valence electrons. The summed E-state index contributed by atoms with van der Waals surface area (Å²) in [6.45, 7) is 13.4. The molecule has 0 aromatic heterocycles. The molecule has 1 aliphatic carbocycles. The molecule has 0 spiro atoms. The summed E-state index contributed by atoms with van der Waals surface area (Å²) in [4.78, 5) is 0. The number of rotatable bonds is 2. The summed E-state index contributed by atoms with van der Waals surface area (Å²) in [5.74, 6) is 0. The van der Waals surface area contributed by atoms with E-state index in [2.05, 4.69) is 39.3 Å². The molecule has 1 aliphatic rings. The Morgan fingerprint density at radius 3 is 1.47 bits per heavy atom. The summed E-state index contributed by atoms with van der Waals surface area (Å²) in [5, 5.41) is 0. The fraction of sp³-hybridized carbons (Fsp3) is 0.692. The highest BCUT2D eigenvalue weighted by Gasteiger charge is 2.20. The molecule has 15 heavy (non-hydrogen) atoms. The Labute approximate surface area is 100 Å². The van der Waals surface area contributed by atoms with Gasteiger partial charge in [-0.25, -0.2) is 0 Å². The molecule has 0 heterocycles. The Morgan fingerprint density at radius 2 is 1.20 bits per heavy atom. The smallest absolute Gasteiger partial charge is 0.0690 e. The number of allylic oxidation sites excluding steroid dienone is 2. The first kappa shape index (κ1) is 10.1. The second-order valence-electron chi connectivity index (χ2n) is 6.56. The van der Waals surface area contributed by atoms with Crippen LogP contribution in [-0.2, 0) is 0 Å². The van der Waals surface area contributed by atoms with E-state index in [1.807, 2.05) is 0 Å². The third-order valence-electron chi connectivity index (χ3n) is 2.27. The molecule has 0 unspecified atom stereocenters. The third-order valence-corrected chi connectivity index (χ3v) is 4.37. The van der Waals surface area contributed by atoms with Crippen molar-refractivity contribution in [3.8, 4) is 0 Å². The summed E-state index contributed by atoms with van der Waals surface area (Å²) in [6.07, 6.45) is 3.21. The number of hydrogen-bond acceptors (Lipinski definition) is 0. The van der Waals surface area contributed by atoms with Gasteiger partial charge in [0, 0.05) is 0 Å². The van der Waals surface area contributed by atoms with E-state index >= 15 is 0 Å². The molecule has 0 N–H and O–H groups in total. The monoisotopic (exact) mass is 240 g/mol. The van der Waals surface area contributed by atoms with Crippen molar-refractivity contribution < 1.29 is 2.74 Å². The van der Waals surface area contributed by atoms with Gasteiger partial charge in [-0.15, -0.1) is 0 Å². The fourth-order valence-electron chi connectivity index (χ4n) is 1.92. The van der Waals surface area contributed by atoms with Crippen molar-refractivity contribution in [3.05, 3.63) is 22.5 Å². The molecule has 0 saturated heterocycles. The van der Waals surface area contributed by atoms with Crippen molar-refractivity contribution in [3.63, 3.8) is 0 Å². The summed E-state index contributed by atoms with van der Waals surface area (Å²) in [6, 6.07) is 0. The van der Waals surface area contributed by atoms with Crippen LogP contribution in [0.2, 0.25) is 39.3 Å². The van der Waals surface area contributed by atoms with Gasteiger partial charge in [0.05, 0.1) is 18.9 Å². The number of hydrogen-bond donors (Lipinski definition) is 0. The van der Waals surface area contributed by atoms with Crippen molar-refractivity contribution in [2.45, 2.75) is 58.5 Å². The van der Waals surface area contributed by atoms with Crippen LogP contribution in [0.25, 0.3) is 0 Å². The minimum atomic E-state index is -1.53. The maximum Gasteiger partial charge on any atom is 0.0690 e. The Bertz CT molecular complexity index is 332. The van der Waals surface area contributed by atoms with Crippen LogP contribution in [0.3, 0.4) is 0 Å². The minimum absolute atomic E-state index is 0.882. The van der Waals surface area contributed by atoms with Gasteiger partial charge >= 0.3 is 0 Å². The van der Waals surface area contributed by atoms with E-state index in [-0.39, 0.29) is 0 Å². The Morgan fingerprint density at radius 1 is 0.867 bits per heavy atom. The first-order chi connectivity index (χ1) is 7.55. The molecule has 0 aliphatic heterocycles. The highest BCUT2D eigenvalue weighted by molar-refractivity contribution is 6.82. The minimum Gasteiger partial charge on any atom is -0.0916 e. The van der Waals surface area contributed by atoms with Crippen molar-refractivity contribution in [1.82, 2.24) is 0 Å². The van der Waals surface area contributed by atoms with E-state index in [0.29, 0.717) is 0 Å². The summed E-state index contributed by atoms with van der Waals surface area (Å²) >= 11 is 0. The van der Waals surface area contributed by atoms with Gasteiger partial charge in [0.25, 0.3) is 0 Å². The van der Waals surface area contributed by atoms with Crippen molar-refractivity contribution in [2.75, 3.05) is 0 Å². The molecule has 0 bridgehead atoms. The topological polar surface area (TPSA) is 0 Å². The van der Waals surface area contributed by atoms with E-state index in [0.717, 1.165) is 30.6 Å². The molecule has 0 aromatic rings. The SMILES string of the molecule is [2H]C(=C1CCCC1=C([2H])[Si](C)(C)C)[Si](C)(C)C. The van der Waals surface area contributed by atoms with Gasteiger partial charge in [-0.1, -0.05) is 61.8 Å². The van der Waals surface area contributed by atoms with Crippen LogP contribution < -0.4 is 0 Å². The van der Waals surface area contributed by atoms with Crippen LogP contribution in [-0.4, -0.2) is 16.1 Å². The van der Waals surface area contributed by atoms with Crippen LogP contribution in [0, 0.1) is 0 Å². The highest BCUT2D eigenvalue weighted by atomic mass is 28.3. The lowest BCUT2D eigenvalue weighted by Gasteiger charge is -2.15. The zero-order valence-electron chi connectivity index (χ0n) is 13.1. The largest absolute Gasteiger partial charge is 0.0916 e. The fourth-order valence-corrected chi connectivity index (χ4v) is 4.29. The predicted octanol–water partition coefficient (Wildman–Crippen LogP) is 4.78.